The first-order valence-electron chi connectivity index (χ1n) is 6.38. The van der Waals surface area contributed by atoms with E-state index in [4.69, 9.17) is 9.47 Å². The number of esters is 1. The molecule has 0 spiro atoms. The predicted molar refractivity (Wildman–Crippen MR) is 76.7 cm³/mol. The first-order valence-corrected chi connectivity index (χ1v) is 6.38. The van der Waals surface area contributed by atoms with E-state index < -0.39 is 0 Å². The van der Waals surface area contributed by atoms with Crippen molar-refractivity contribution in [3.8, 4) is 0 Å². The second-order valence-corrected chi connectivity index (χ2v) is 4.20. The van der Waals surface area contributed by atoms with Gasteiger partial charge in [0.1, 0.15) is 6.61 Å². The maximum Gasteiger partial charge on any atom is 0.332 e. The third-order valence-corrected chi connectivity index (χ3v) is 2.47. The molecule has 0 unspecified atom stereocenters. The Morgan fingerprint density at radius 3 is 2.74 bits per heavy atom. The van der Waals surface area contributed by atoms with E-state index in [0.29, 0.717) is 19.8 Å². The summed E-state index contributed by atoms with van der Waals surface area (Å²) in [6, 6.07) is 8.04. The number of nitrogens with one attached hydrogen (secondary N) is 1. The van der Waals surface area contributed by atoms with Gasteiger partial charge in [-0.25, -0.2) is 4.79 Å². The van der Waals surface area contributed by atoms with E-state index in [1.54, 1.807) is 6.92 Å². The Hall–Kier alpha value is -1.75. The standard InChI is InChI=1S/C14H22N2O3/c1-4-19-14(17)11-18-10-9-15-12-7-5-6-8-13(12)16(2)3/h5-8,15H,4,9-11H2,1-3H3. The van der Waals surface area contributed by atoms with Crippen molar-refractivity contribution in [1.29, 1.82) is 0 Å². The van der Waals surface area contributed by atoms with Gasteiger partial charge >= 0.3 is 5.97 Å². The van der Waals surface area contributed by atoms with Gasteiger partial charge < -0.3 is 19.7 Å². The van der Waals surface area contributed by atoms with Gasteiger partial charge in [-0.15, -0.1) is 0 Å². The van der Waals surface area contributed by atoms with Crippen LogP contribution < -0.4 is 10.2 Å². The number of para-hydroxylation sites is 2. The summed E-state index contributed by atoms with van der Waals surface area (Å²) in [5, 5.41) is 3.28. The van der Waals surface area contributed by atoms with Crippen molar-refractivity contribution < 1.29 is 14.3 Å². The van der Waals surface area contributed by atoms with Crippen LogP contribution in [0.1, 0.15) is 6.92 Å². The van der Waals surface area contributed by atoms with E-state index in [2.05, 4.69) is 5.32 Å². The number of anilines is 2. The minimum atomic E-state index is -0.323. The lowest BCUT2D eigenvalue weighted by molar-refractivity contribution is -0.148. The highest BCUT2D eigenvalue weighted by Gasteiger charge is 2.03. The fourth-order valence-corrected chi connectivity index (χ4v) is 1.63. The number of hydrogen-bond acceptors (Lipinski definition) is 5. The van der Waals surface area contributed by atoms with Crippen LogP contribution >= 0.6 is 0 Å². The van der Waals surface area contributed by atoms with Gasteiger partial charge in [0.25, 0.3) is 0 Å². The first-order chi connectivity index (χ1) is 9.15. The molecule has 0 aliphatic rings. The van der Waals surface area contributed by atoms with Crippen molar-refractivity contribution in [2.45, 2.75) is 6.92 Å². The molecule has 0 saturated carbocycles. The zero-order valence-corrected chi connectivity index (χ0v) is 11.8. The molecular weight excluding hydrogens is 244 g/mol. The third kappa shape index (κ3) is 5.61. The molecule has 106 valence electrons. The molecule has 0 aliphatic carbocycles. The predicted octanol–water partition coefficient (Wildman–Crippen LogP) is 1.74. The van der Waals surface area contributed by atoms with Gasteiger partial charge in [-0.05, 0) is 19.1 Å². The summed E-state index contributed by atoms with van der Waals surface area (Å²) in [7, 11) is 4.00. The van der Waals surface area contributed by atoms with Crippen LogP contribution in [0, 0.1) is 0 Å². The molecule has 19 heavy (non-hydrogen) atoms. The highest BCUT2D eigenvalue weighted by molar-refractivity contribution is 5.70. The molecule has 0 amide bonds. The van der Waals surface area contributed by atoms with Gasteiger partial charge in [0.2, 0.25) is 0 Å². The maximum atomic E-state index is 11.0. The normalized spacial score (nSPS) is 10.1. The lowest BCUT2D eigenvalue weighted by Gasteiger charge is -2.18. The van der Waals surface area contributed by atoms with Crippen LogP contribution in [0.5, 0.6) is 0 Å². The summed E-state index contributed by atoms with van der Waals surface area (Å²) >= 11 is 0. The molecule has 5 heteroatoms. The van der Waals surface area contributed by atoms with Crippen LogP contribution in [0.25, 0.3) is 0 Å². The summed E-state index contributed by atoms with van der Waals surface area (Å²) in [6.07, 6.45) is 0. The van der Waals surface area contributed by atoms with Crippen molar-refractivity contribution in [3.63, 3.8) is 0 Å². The van der Waals surface area contributed by atoms with E-state index in [9.17, 15) is 4.79 Å². The highest BCUT2D eigenvalue weighted by atomic mass is 16.6. The lowest BCUT2D eigenvalue weighted by atomic mass is 10.2. The average Bonchev–Trinajstić information content (AvgIpc) is 2.39. The molecule has 0 bridgehead atoms. The molecule has 0 aromatic heterocycles. The Balaban J connectivity index is 2.28. The van der Waals surface area contributed by atoms with Gasteiger partial charge in [-0.2, -0.15) is 0 Å². The van der Waals surface area contributed by atoms with Crippen LogP contribution in [-0.4, -0.2) is 46.4 Å². The molecular formula is C14H22N2O3. The molecule has 1 N–H and O–H groups in total. The van der Waals surface area contributed by atoms with Crippen LogP contribution in [0.4, 0.5) is 11.4 Å². The minimum absolute atomic E-state index is 0.00481. The molecule has 1 aromatic rings. The fraction of sp³-hybridized carbons (Fsp3) is 0.500. The van der Waals surface area contributed by atoms with Crippen molar-refractivity contribution >= 4 is 17.3 Å². The number of carbonyl (C=O) groups is 1. The number of ether oxygens (including phenoxy) is 2. The Bertz CT molecular complexity index is 394. The summed E-state index contributed by atoms with van der Waals surface area (Å²) < 4.78 is 9.99. The number of hydrogen-bond donors (Lipinski definition) is 1. The summed E-state index contributed by atoms with van der Waals surface area (Å²) in [6.45, 7) is 3.27. The van der Waals surface area contributed by atoms with Gasteiger partial charge in [-0.3, -0.25) is 0 Å². The van der Waals surface area contributed by atoms with Gasteiger partial charge in [-0.1, -0.05) is 12.1 Å². The van der Waals surface area contributed by atoms with Crippen LogP contribution in [0.15, 0.2) is 24.3 Å². The Morgan fingerprint density at radius 1 is 1.32 bits per heavy atom. The summed E-state index contributed by atoms with van der Waals surface area (Å²) in [5.74, 6) is -0.323. The SMILES string of the molecule is CCOC(=O)COCCNc1ccccc1N(C)C. The molecule has 0 saturated heterocycles. The quantitative estimate of drug-likeness (QED) is 0.574. The molecule has 0 radical (unpaired) electrons. The molecule has 0 heterocycles. The Kier molecular flexibility index (Phi) is 6.74. The molecule has 1 rings (SSSR count). The van der Waals surface area contributed by atoms with E-state index >= 15 is 0 Å². The summed E-state index contributed by atoms with van der Waals surface area (Å²) in [4.78, 5) is 13.1. The zero-order valence-electron chi connectivity index (χ0n) is 11.8. The van der Waals surface area contributed by atoms with Gasteiger partial charge in [0.05, 0.1) is 24.6 Å². The average molecular weight is 266 g/mol. The molecule has 0 atom stereocenters. The van der Waals surface area contributed by atoms with Crippen LogP contribution in [0.2, 0.25) is 0 Å². The van der Waals surface area contributed by atoms with Crippen molar-refractivity contribution in [2.24, 2.45) is 0 Å². The number of nitrogens with zero attached hydrogens (tertiary/aromatic N) is 1. The fourth-order valence-electron chi connectivity index (χ4n) is 1.63. The second-order valence-electron chi connectivity index (χ2n) is 4.20. The van der Waals surface area contributed by atoms with Gasteiger partial charge in [0.15, 0.2) is 0 Å². The van der Waals surface area contributed by atoms with Gasteiger partial charge in [0, 0.05) is 20.6 Å². The van der Waals surface area contributed by atoms with Crippen molar-refractivity contribution in [3.05, 3.63) is 24.3 Å². The Labute approximate surface area is 114 Å². The smallest absolute Gasteiger partial charge is 0.332 e. The van der Waals surface area contributed by atoms with E-state index in [1.807, 2.05) is 43.3 Å². The number of rotatable bonds is 8. The second kappa shape index (κ2) is 8.37. The molecule has 0 aliphatic heterocycles. The number of benzene rings is 1. The van der Waals surface area contributed by atoms with Crippen molar-refractivity contribution in [1.82, 2.24) is 0 Å². The lowest BCUT2D eigenvalue weighted by Crippen LogP contribution is -2.18. The minimum Gasteiger partial charge on any atom is -0.464 e. The van der Waals surface area contributed by atoms with E-state index in [1.165, 1.54) is 0 Å². The summed E-state index contributed by atoms with van der Waals surface area (Å²) in [5.41, 5.74) is 2.17. The molecule has 1 aromatic carbocycles. The topological polar surface area (TPSA) is 50.8 Å². The third-order valence-electron chi connectivity index (χ3n) is 2.47. The monoisotopic (exact) mass is 266 g/mol. The van der Waals surface area contributed by atoms with Crippen molar-refractivity contribution in [2.75, 3.05) is 50.7 Å². The van der Waals surface area contributed by atoms with Crippen LogP contribution in [-0.2, 0) is 14.3 Å². The molecule has 0 fully saturated rings. The highest BCUT2D eigenvalue weighted by Crippen LogP contribution is 2.22. The first kappa shape index (κ1) is 15.3. The zero-order chi connectivity index (χ0) is 14.1. The van der Waals surface area contributed by atoms with E-state index in [0.717, 1.165) is 11.4 Å². The van der Waals surface area contributed by atoms with Crippen LogP contribution in [0.3, 0.4) is 0 Å². The van der Waals surface area contributed by atoms with E-state index in [-0.39, 0.29) is 12.6 Å². The largest absolute Gasteiger partial charge is 0.464 e. The Morgan fingerprint density at radius 2 is 2.05 bits per heavy atom. The molecule has 5 nitrogen and oxygen atoms in total. The maximum absolute atomic E-state index is 11.0. The number of carbonyl (C=O) groups excluding carboxylic acids is 1.